The van der Waals surface area contributed by atoms with Crippen LogP contribution in [-0.4, -0.2) is 39.0 Å². The van der Waals surface area contributed by atoms with E-state index < -0.39 is 17.7 Å². The van der Waals surface area contributed by atoms with Gasteiger partial charge in [-0.2, -0.15) is 18.3 Å². The maximum absolute atomic E-state index is 13.4. The van der Waals surface area contributed by atoms with Crippen molar-refractivity contribution < 1.29 is 32.9 Å². The number of nitrogens with one attached hydrogen (secondary N) is 1. The Bertz CT molecular complexity index is 1440. The van der Waals surface area contributed by atoms with E-state index in [1.165, 1.54) is 23.9 Å². The fraction of sp³-hybridized carbons (Fsp3) is 0.357. The topological polar surface area (TPSA) is 96.6 Å². The summed E-state index contributed by atoms with van der Waals surface area (Å²) in [6, 6.07) is 7.95. The number of aromatic nitrogens is 2. The molecule has 0 amide bonds. The fourth-order valence-electron chi connectivity index (χ4n) is 4.85. The maximum atomic E-state index is 13.4. The van der Waals surface area contributed by atoms with Crippen LogP contribution in [0.15, 0.2) is 47.7 Å². The molecule has 0 saturated heterocycles. The minimum atomic E-state index is -4.55. The van der Waals surface area contributed by atoms with Gasteiger partial charge in [-0.25, -0.2) is 4.68 Å². The zero-order valence-electron chi connectivity index (χ0n) is 21.9. The van der Waals surface area contributed by atoms with Gasteiger partial charge in [0.1, 0.15) is 5.82 Å². The first-order valence-electron chi connectivity index (χ1n) is 12.4. The smallest absolute Gasteiger partial charge is 0.416 e. The molecule has 1 aliphatic heterocycles. The van der Waals surface area contributed by atoms with Crippen LogP contribution < -0.4 is 10.1 Å². The van der Waals surface area contributed by atoms with Gasteiger partial charge < -0.3 is 20.3 Å². The largest absolute Gasteiger partial charge is 0.504 e. The molecule has 0 fully saturated rings. The van der Waals surface area contributed by atoms with Crippen molar-refractivity contribution in [1.82, 2.24) is 9.78 Å². The van der Waals surface area contributed by atoms with Crippen LogP contribution in [0.5, 0.6) is 11.5 Å². The lowest BCUT2D eigenvalue weighted by molar-refractivity contribution is -0.137. The number of rotatable bonds is 3. The first-order valence-corrected chi connectivity index (χ1v) is 12.8. The summed E-state index contributed by atoms with van der Waals surface area (Å²) in [5, 5.41) is 26.1. The highest BCUT2D eigenvalue weighted by molar-refractivity contribution is 6.32. The third-order valence-corrected chi connectivity index (χ3v) is 6.77. The molecule has 0 saturated carbocycles. The first-order chi connectivity index (χ1) is 18.3. The van der Waals surface area contributed by atoms with E-state index in [1.54, 1.807) is 32.9 Å². The summed E-state index contributed by atoms with van der Waals surface area (Å²) in [5.41, 5.74) is 2.41. The number of halogens is 4. The van der Waals surface area contributed by atoms with Crippen molar-refractivity contribution in [2.24, 2.45) is 0 Å². The number of methoxy groups -OCH3 is 1. The second-order valence-electron chi connectivity index (χ2n) is 9.68. The Hall–Kier alpha value is -3.50. The molecule has 1 unspecified atom stereocenters. The minimum Gasteiger partial charge on any atom is -0.504 e. The second-order valence-corrected chi connectivity index (χ2v) is 10.1. The number of phenolic OH excluding ortho intramolecular Hbond substituents is 1. The number of carbonyl (C=O) groups is 1. The maximum Gasteiger partial charge on any atom is 0.416 e. The number of nitrogens with zero attached hydrogens (tertiary/aromatic N) is 2. The van der Waals surface area contributed by atoms with Crippen molar-refractivity contribution >= 4 is 23.2 Å². The molecule has 5 rings (SSSR count). The van der Waals surface area contributed by atoms with Gasteiger partial charge in [0.2, 0.25) is 0 Å². The number of phenols is 1. The van der Waals surface area contributed by atoms with Crippen molar-refractivity contribution in [3.05, 3.63) is 75.1 Å². The molecule has 7 nitrogen and oxygen atoms in total. The number of aliphatic hydroxyl groups excluding tert-OH is 1. The van der Waals surface area contributed by atoms with Crippen LogP contribution in [0.3, 0.4) is 0 Å². The number of ketones is 1. The number of aryl methyl sites for hydroxylation is 1. The number of hydrogen-bond donors (Lipinski definition) is 3. The predicted molar refractivity (Wildman–Crippen MR) is 142 cm³/mol. The standard InChI is InChI=1S/C25H21ClF3N3O3.C3H8O/c1-12-21-22(13-6-9-18(33)20(10-13)35-2)23-16(4-3-5-19(23)34)30-24(21)32(31-12)17-11-14(25(27,28)29)7-8-15(17)26;1-3(2)4/h6-11,22,30,33H,3-5H2,1-2H3;3-4H,1-2H3. The van der Waals surface area contributed by atoms with Gasteiger partial charge in [-0.15, -0.1) is 0 Å². The van der Waals surface area contributed by atoms with Gasteiger partial charge in [-0.05, 0) is 69.5 Å². The van der Waals surface area contributed by atoms with Gasteiger partial charge in [0.25, 0.3) is 0 Å². The van der Waals surface area contributed by atoms with Crippen molar-refractivity contribution in [2.45, 2.75) is 58.2 Å². The van der Waals surface area contributed by atoms with Crippen molar-refractivity contribution in [2.75, 3.05) is 12.4 Å². The first kappa shape index (κ1) is 28.5. The number of hydrogen-bond acceptors (Lipinski definition) is 6. The van der Waals surface area contributed by atoms with Crippen LogP contribution in [0.2, 0.25) is 5.02 Å². The SMILES string of the molecule is CC(C)O.COc1cc(C2C3=C(CCCC3=O)Nc3c2c(C)nn3-c2cc(C(F)(F)F)ccc2Cl)ccc1O. The summed E-state index contributed by atoms with van der Waals surface area (Å²) in [6.45, 7) is 5.18. The number of aromatic hydroxyl groups is 1. The third kappa shape index (κ3) is 5.62. The van der Waals surface area contributed by atoms with E-state index in [-0.39, 0.29) is 34.1 Å². The molecule has 2 aromatic carbocycles. The summed E-state index contributed by atoms with van der Waals surface area (Å²) < 4.78 is 47.0. The van der Waals surface area contributed by atoms with Gasteiger partial charge in [0.05, 0.1) is 29.1 Å². The molecule has 2 heterocycles. The number of Topliss-reactive ketones (excluding diaryl/α,β-unsaturated/α-hetero) is 1. The summed E-state index contributed by atoms with van der Waals surface area (Å²) in [6.07, 6.45) is -3.06. The Kier molecular flexibility index (Phi) is 7.99. The minimum absolute atomic E-state index is 0.00862. The average molecular weight is 564 g/mol. The Morgan fingerprint density at radius 2 is 1.87 bits per heavy atom. The average Bonchev–Trinajstić information content (AvgIpc) is 3.18. The molecule has 1 atom stereocenters. The van der Waals surface area contributed by atoms with Gasteiger partial charge in [-0.3, -0.25) is 4.79 Å². The highest BCUT2D eigenvalue weighted by Crippen LogP contribution is 2.49. The molecule has 0 radical (unpaired) electrons. The summed E-state index contributed by atoms with van der Waals surface area (Å²) in [7, 11) is 1.43. The van der Waals surface area contributed by atoms with Crippen LogP contribution >= 0.6 is 11.6 Å². The van der Waals surface area contributed by atoms with Gasteiger partial charge in [0.15, 0.2) is 17.3 Å². The summed E-state index contributed by atoms with van der Waals surface area (Å²) >= 11 is 6.34. The van der Waals surface area contributed by atoms with E-state index in [2.05, 4.69) is 10.4 Å². The highest BCUT2D eigenvalue weighted by atomic mass is 35.5. The van der Waals surface area contributed by atoms with Gasteiger partial charge in [0, 0.05) is 35.3 Å². The van der Waals surface area contributed by atoms with E-state index >= 15 is 0 Å². The molecule has 0 spiro atoms. The Morgan fingerprint density at radius 1 is 1.18 bits per heavy atom. The second kappa shape index (κ2) is 10.9. The number of aliphatic hydroxyl groups is 1. The zero-order valence-corrected chi connectivity index (χ0v) is 22.6. The van der Waals surface area contributed by atoms with Crippen LogP contribution in [-0.2, 0) is 11.0 Å². The summed E-state index contributed by atoms with van der Waals surface area (Å²) in [4.78, 5) is 13.1. The lowest BCUT2D eigenvalue weighted by atomic mass is 9.76. The monoisotopic (exact) mass is 563 g/mol. The number of fused-ring (bicyclic) bond motifs is 1. The van der Waals surface area contributed by atoms with E-state index in [4.69, 9.17) is 21.4 Å². The summed E-state index contributed by atoms with van der Waals surface area (Å²) in [5.74, 6) is 0.110. The Balaban J connectivity index is 0.000000826. The number of ether oxygens (including phenoxy) is 1. The molecule has 2 aliphatic rings. The van der Waals surface area contributed by atoms with Crippen LogP contribution in [0.1, 0.15) is 61.4 Å². The normalized spacial score (nSPS) is 16.8. The van der Waals surface area contributed by atoms with Crippen LogP contribution in [0, 0.1) is 6.92 Å². The van der Waals surface area contributed by atoms with E-state index in [0.29, 0.717) is 53.2 Å². The molecule has 11 heteroatoms. The molecule has 3 aromatic rings. The van der Waals surface area contributed by atoms with E-state index in [9.17, 15) is 23.1 Å². The lowest BCUT2D eigenvalue weighted by Crippen LogP contribution is -2.27. The van der Waals surface area contributed by atoms with E-state index in [1.807, 2.05) is 0 Å². The number of benzene rings is 2. The van der Waals surface area contributed by atoms with Crippen LogP contribution in [0.4, 0.5) is 19.0 Å². The predicted octanol–water partition coefficient (Wildman–Crippen LogP) is 6.52. The molecule has 208 valence electrons. The Labute approximate surface area is 228 Å². The van der Waals surface area contributed by atoms with Crippen molar-refractivity contribution in [3.8, 4) is 17.2 Å². The quantitative estimate of drug-likeness (QED) is 0.336. The Morgan fingerprint density at radius 3 is 2.51 bits per heavy atom. The lowest BCUT2D eigenvalue weighted by Gasteiger charge is -2.33. The molecule has 3 N–H and O–H groups in total. The molecular weight excluding hydrogens is 535 g/mol. The molecule has 1 aromatic heterocycles. The molecular formula is C28H29ClF3N3O4. The zero-order chi connectivity index (χ0) is 28.6. The van der Waals surface area contributed by atoms with Crippen molar-refractivity contribution in [1.29, 1.82) is 0 Å². The number of alkyl halides is 3. The number of carbonyl (C=O) groups excluding carboxylic acids is 1. The molecule has 39 heavy (non-hydrogen) atoms. The van der Waals surface area contributed by atoms with Gasteiger partial charge in [-0.1, -0.05) is 17.7 Å². The molecule has 0 bridgehead atoms. The van der Waals surface area contributed by atoms with Crippen LogP contribution in [0.25, 0.3) is 5.69 Å². The highest BCUT2D eigenvalue weighted by Gasteiger charge is 2.39. The third-order valence-electron chi connectivity index (χ3n) is 6.45. The fourth-order valence-corrected chi connectivity index (χ4v) is 5.05. The van der Waals surface area contributed by atoms with Crippen molar-refractivity contribution in [3.63, 3.8) is 0 Å². The number of anilines is 1. The van der Waals surface area contributed by atoms with E-state index in [0.717, 1.165) is 12.1 Å². The molecule has 1 aliphatic carbocycles. The number of allylic oxidation sites excluding steroid dienone is 2. The van der Waals surface area contributed by atoms with Gasteiger partial charge >= 0.3 is 6.18 Å².